The third-order valence-electron chi connectivity index (χ3n) is 1.82. The average Bonchev–Trinajstić information content (AvgIpc) is 2.18. The van der Waals surface area contributed by atoms with Gasteiger partial charge in [-0.1, -0.05) is 18.5 Å². The first-order chi connectivity index (χ1) is 6.63. The van der Waals surface area contributed by atoms with E-state index < -0.39 is 5.97 Å². The van der Waals surface area contributed by atoms with Crippen LogP contribution in [0.15, 0.2) is 18.3 Å². The van der Waals surface area contributed by atoms with Crippen molar-refractivity contribution >= 4 is 17.6 Å². The first-order valence-corrected chi connectivity index (χ1v) is 4.83. The van der Waals surface area contributed by atoms with Crippen molar-refractivity contribution in [1.82, 2.24) is 4.98 Å². The molecule has 1 rings (SSSR count). The molecule has 4 heteroatoms. The lowest BCUT2D eigenvalue weighted by Gasteiger charge is -2.09. The largest absolute Gasteiger partial charge is 0.458 e. The van der Waals surface area contributed by atoms with E-state index in [1.807, 2.05) is 13.8 Å². The molecule has 0 fully saturated rings. The van der Waals surface area contributed by atoms with Crippen molar-refractivity contribution in [1.29, 1.82) is 0 Å². The number of pyridine rings is 1. The van der Waals surface area contributed by atoms with Gasteiger partial charge in [-0.3, -0.25) is 0 Å². The third-order valence-corrected chi connectivity index (χ3v) is 2.04. The lowest BCUT2D eigenvalue weighted by Crippen LogP contribution is -2.14. The van der Waals surface area contributed by atoms with Crippen molar-refractivity contribution < 1.29 is 9.53 Å². The van der Waals surface area contributed by atoms with E-state index in [0.717, 1.165) is 6.42 Å². The highest BCUT2D eigenvalue weighted by Crippen LogP contribution is 2.08. The van der Waals surface area contributed by atoms with Crippen LogP contribution in [0, 0.1) is 0 Å². The Balaban J connectivity index is 2.65. The summed E-state index contributed by atoms with van der Waals surface area (Å²) in [5, 5.41) is 0.505. The SMILES string of the molecule is CCC(C)OC(=O)c1ccc(Cl)cn1. The molecule has 0 aromatic carbocycles. The van der Waals surface area contributed by atoms with Crippen molar-refractivity contribution in [2.45, 2.75) is 26.4 Å². The van der Waals surface area contributed by atoms with Crippen molar-refractivity contribution in [3.05, 3.63) is 29.0 Å². The number of halogens is 1. The van der Waals surface area contributed by atoms with Crippen molar-refractivity contribution in [3.63, 3.8) is 0 Å². The summed E-state index contributed by atoms with van der Waals surface area (Å²) in [4.78, 5) is 15.3. The van der Waals surface area contributed by atoms with Gasteiger partial charge in [0.25, 0.3) is 0 Å². The number of nitrogens with zero attached hydrogens (tertiary/aromatic N) is 1. The zero-order valence-corrected chi connectivity index (χ0v) is 8.91. The van der Waals surface area contributed by atoms with Gasteiger partial charge in [-0.25, -0.2) is 9.78 Å². The Labute approximate surface area is 88.1 Å². The van der Waals surface area contributed by atoms with E-state index in [0.29, 0.717) is 5.02 Å². The zero-order valence-electron chi connectivity index (χ0n) is 8.16. The van der Waals surface area contributed by atoms with Crippen molar-refractivity contribution in [3.8, 4) is 0 Å². The van der Waals surface area contributed by atoms with Crippen LogP contribution in [0.4, 0.5) is 0 Å². The van der Waals surface area contributed by atoms with Gasteiger partial charge in [0.15, 0.2) is 0 Å². The smallest absolute Gasteiger partial charge is 0.357 e. The maximum absolute atomic E-state index is 11.4. The van der Waals surface area contributed by atoms with Crippen LogP contribution >= 0.6 is 11.6 Å². The molecule has 3 nitrogen and oxygen atoms in total. The Hall–Kier alpha value is -1.09. The molecular formula is C10H12ClNO2. The Morgan fingerprint density at radius 2 is 2.36 bits per heavy atom. The molecule has 1 atom stereocenters. The first-order valence-electron chi connectivity index (χ1n) is 4.46. The summed E-state index contributed by atoms with van der Waals surface area (Å²) in [5.74, 6) is -0.406. The number of hydrogen-bond acceptors (Lipinski definition) is 3. The summed E-state index contributed by atoms with van der Waals surface area (Å²) in [5.41, 5.74) is 0.287. The first kappa shape index (κ1) is 11.0. The molecule has 0 aliphatic carbocycles. The molecule has 0 saturated carbocycles. The summed E-state index contributed by atoms with van der Waals surface area (Å²) in [6.45, 7) is 3.79. The second-order valence-electron chi connectivity index (χ2n) is 2.99. The third kappa shape index (κ3) is 3.00. The van der Waals surface area contributed by atoms with Crippen LogP contribution in [0.1, 0.15) is 30.8 Å². The summed E-state index contributed by atoms with van der Waals surface area (Å²) in [7, 11) is 0. The van der Waals surface area contributed by atoms with Gasteiger partial charge in [0.05, 0.1) is 11.1 Å². The predicted molar refractivity (Wildman–Crippen MR) is 54.4 cm³/mol. The van der Waals surface area contributed by atoms with E-state index in [1.165, 1.54) is 6.20 Å². The number of ether oxygens (including phenoxy) is 1. The minimum absolute atomic E-state index is 0.0834. The molecule has 0 N–H and O–H groups in total. The number of aromatic nitrogens is 1. The molecule has 0 spiro atoms. The van der Waals surface area contributed by atoms with Crippen LogP contribution in [0.3, 0.4) is 0 Å². The minimum Gasteiger partial charge on any atom is -0.458 e. The Bertz CT molecular complexity index is 310. The van der Waals surface area contributed by atoms with Gasteiger partial charge < -0.3 is 4.74 Å². The van der Waals surface area contributed by atoms with Crippen LogP contribution in [-0.2, 0) is 4.74 Å². The average molecular weight is 214 g/mol. The van der Waals surface area contributed by atoms with E-state index in [-0.39, 0.29) is 11.8 Å². The molecule has 0 aliphatic rings. The van der Waals surface area contributed by atoms with Gasteiger partial charge in [0.2, 0.25) is 0 Å². The molecule has 1 heterocycles. The highest BCUT2D eigenvalue weighted by molar-refractivity contribution is 6.30. The quantitative estimate of drug-likeness (QED) is 0.725. The molecule has 0 bridgehead atoms. The second-order valence-corrected chi connectivity index (χ2v) is 3.42. The van der Waals surface area contributed by atoms with Crippen LogP contribution in [-0.4, -0.2) is 17.1 Å². The summed E-state index contributed by atoms with van der Waals surface area (Å²) >= 11 is 5.63. The minimum atomic E-state index is -0.406. The monoisotopic (exact) mass is 213 g/mol. The van der Waals surface area contributed by atoms with Gasteiger partial charge in [-0.2, -0.15) is 0 Å². The van der Waals surface area contributed by atoms with Crippen molar-refractivity contribution in [2.24, 2.45) is 0 Å². The standard InChI is InChI=1S/C10H12ClNO2/c1-3-7(2)14-10(13)9-5-4-8(11)6-12-9/h4-7H,3H2,1-2H3. The molecule has 1 aromatic rings. The normalized spacial score (nSPS) is 12.2. The van der Waals surface area contributed by atoms with Crippen LogP contribution in [0.2, 0.25) is 5.02 Å². The Morgan fingerprint density at radius 1 is 1.64 bits per heavy atom. The van der Waals surface area contributed by atoms with Crippen molar-refractivity contribution in [2.75, 3.05) is 0 Å². The van der Waals surface area contributed by atoms with Gasteiger partial charge in [-0.05, 0) is 25.5 Å². The van der Waals surface area contributed by atoms with Gasteiger partial charge in [-0.15, -0.1) is 0 Å². The molecule has 0 saturated heterocycles. The topological polar surface area (TPSA) is 39.2 Å². The lowest BCUT2D eigenvalue weighted by molar-refractivity contribution is 0.0327. The number of esters is 1. The van der Waals surface area contributed by atoms with Gasteiger partial charge in [0.1, 0.15) is 5.69 Å². The number of carbonyl (C=O) groups excluding carboxylic acids is 1. The Kier molecular flexibility index (Phi) is 3.89. The fraction of sp³-hybridized carbons (Fsp3) is 0.400. The van der Waals surface area contributed by atoms with Crippen LogP contribution in [0.5, 0.6) is 0 Å². The zero-order chi connectivity index (χ0) is 10.6. The molecule has 14 heavy (non-hydrogen) atoms. The second kappa shape index (κ2) is 4.96. The molecule has 76 valence electrons. The molecule has 1 aromatic heterocycles. The van der Waals surface area contributed by atoms with Crippen LogP contribution in [0.25, 0.3) is 0 Å². The van der Waals surface area contributed by atoms with E-state index >= 15 is 0 Å². The molecule has 0 amide bonds. The van der Waals surface area contributed by atoms with E-state index in [4.69, 9.17) is 16.3 Å². The highest BCUT2D eigenvalue weighted by atomic mass is 35.5. The lowest BCUT2D eigenvalue weighted by atomic mass is 10.3. The van der Waals surface area contributed by atoms with E-state index in [1.54, 1.807) is 12.1 Å². The highest BCUT2D eigenvalue weighted by Gasteiger charge is 2.11. The maximum Gasteiger partial charge on any atom is 0.357 e. The van der Waals surface area contributed by atoms with Crippen LogP contribution < -0.4 is 0 Å². The summed E-state index contributed by atoms with van der Waals surface area (Å²) in [6.07, 6.45) is 2.13. The van der Waals surface area contributed by atoms with E-state index in [2.05, 4.69) is 4.98 Å². The fourth-order valence-electron chi connectivity index (χ4n) is 0.823. The van der Waals surface area contributed by atoms with E-state index in [9.17, 15) is 4.79 Å². The number of rotatable bonds is 3. The molecule has 1 unspecified atom stereocenters. The number of carbonyl (C=O) groups is 1. The number of hydrogen-bond donors (Lipinski definition) is 0. The summed E-state index contributed by atoms with van der Waals surface area (Å²) < 4.78 is 5.08. The molecular weight excluding hydrogens is 202 g/mol. The molecule has 0 radical (unpaired) electrons. The fourth-order valence-corrected chi connectivity index (χ4v) is 0.935. The molecule has 0 aliphatic heterocycles. The van der Waals surface area contributed by atoms with Gasteiger partial charge >= 0.3 is 5.97 Å². The maximum atomic E-state index is 11.4. The summed E-state index contributed by atoms with van der Waals surface area (Å²) in [6, 6.07) is 3.16. The Morgan fingerprint density at radius 3 is 2.86 bits per heavy atom. The predicted octanol–water partition coefficient (Wildman–Crippen LogP) is 2.69. The van der Waals surface area contributed by atoms with Gasteiger partial charge in [0, 0.05) is 6.20 Å².